The molecule has 3 heteroatoms. The maximum atomic E-state index is 10.4. The van der Waals surface area contributed by atoms with Crippen LogP contribution in [0.3, 0.4) is 0 Å². The van der Waals surface area contributed by atoms with Crippen molar-refractivity contribution >= 4 is 0 Å². The molecule has 1 atom stereocenters. The lowest BCUT2D eigenvalue weighted by Gasteiger charge is -2.34. The average Bonchev–Trinajstić information content (AvgIpc) is 2.52. The highest BCUT2D eigenvalue weighted by molar-refractivity contribution is 5.28. The zero-order valence-corrected chi connectivity index (χ0v) is 14.7. The number of piperazine rings is 1. The Hall–Kier alpha value is -0.900. The van der Waals surface area contributed by atoms with Crippen LogP contribution in [0, 0.1) is 0 Å². The largest absolute Gasteiger partial charge is 0.388 e. The molecule has 1 aliphatic heterocycles. The molecule has 0 bridgehead atoms. The van der Waals surface area contributed by atoms with Gasteiger partial charge >= 0.3 is 0 Å². The SMILES string of the molecule is CCN1CCN(CCC(O)c2ccc(C(C)(C)C)cc2)CC1. The second-order valence-corrected chi connectivity index (χ2v) is 7.45. The molecule has 1 unspecified atom stereocenters. The Kier molecular flexibility index (Phi) is 6.01. The number of nitrogens with zero attached hydrogens (tertiary/aromatic N) is 2. The number of aliphatic hydroxyl groups excluding tert-OH is 1. The quantitative estimate of drug-likeness (QED) is 0.906. The van der Waals surface area contributed by atoms with Crippen LogP contribution in [0.15, 0.2) is 24.3 Å². The molecule has 22 heavy (non-hydrogen) atoms. The summed E-state index contributed by atoms with van der Waals surface area (Å²) < 4.78 is 0. The van der Waals surface area contributed by atoms with Crippen molar-refractivity contribution in [1.82, 2.24) is 9.80 Å². The van der Waals surface area contributed by atoms with Crippen LogP contribution in [0.5, 0.6) is 0 Å². The third-order valence-corrected chi connectivity index (χ3v) is 4.79. The molecule has 0 saturated carbocycles. The molecule has 0 aliphatic carbocycles. The van der Waals surface area contributed by atoms with Gasteiger partial charge in [-0.25, -0.2) is 0 Å². The number of rotatable bonds is 5. The summed E-state index contributed by atoms with van der Waals surface area (Å²) in [6.45, 7) is 15.6. The first-order valence-corrected chi connectivity index (χ1v) is 8.63. The number of hydrogen-bond donors (Lipinski definition) is 1. The van der Waals surface area contributed by atoms with Crippen molar-refractivity contribution in [2.75, 3.05) is 39.3 Å². The van der Waals surface area contributed by atoms with Crippen molar-refractivity contribution in [2.45, 2.75) is 45.6 Å². The molecule has 1 N–H and O–H groups in total. The Morgan fingerprint density at radius 3 is 2.05 bits per heavy atom. The van der Waals surface area contributed by atoms with Gasteiger partial charge in [-0.05, 0) is 29.5 Å². The molecule has 1 aromatic carbocycles. The van der Waals surface area contributed by atoms with Crippen LogP contribution in [0.2, 0.25) is 0 Å². The van der Waals surface area contributed by atoms with Crippen LogP contribution in [0.4, 0.5) is 0 Å². The van der Waals surface area contributed by atoms with Crippen molar-refractivity contribution in [3.8, 4) is 0 Å². The van der Waals surface area contributed by atoms with Gasteiger partial charge in [-0.3, -0.25) is 0 Å². The first-order chi connectivity index (χ1) is 10.4. The van der Waals surface area contributed by atoms with Crippen LogP contribution in [-0.2, 0) is 5.41 Å². The van der Waals surface area contributed by atoms with Crippen LogP contribution in [0.25, 0.3) is 0 Å². The van der Waals surface area contributed by atoms with Crippen LogP contribution in [-0.4, -0.2) is 54.2 Å². The van der Waals surface area contributed by atoms with Crippen LogP contribution >= 0.6 is 0 Å². The van der Waals surface area contributed by atoms with E-state index in [2.05, 4.69) is 61.8 Å². The van der Waals surface area contributed by atoms with Gasteiger partial charge in [0, 0.05) is 32.7 Å². The minimum Gasteiger partial charge on any atom is -0.388 e. The lowest BCUT2D eigenvalue weighted by molar-refractivity contribution is 0.105. The zero-order chi connectivity index (χ0) is 16.2. The fraction of sp³-hybridized carbons (Fsp3) is 0.684. The lowest BCUT2D eigenvalue weighted by Crippen LogP contribution is -2.46. The van der Waals surface area contributed by atoms with Crippen molar-refractivity contribution < 1.29 is 5.11 Å². The highest BCUT2D eigenvalue weighted by Gasteiger charge is 2.18. The van der Waals surface area contributed by atoms with Gasteiger partial charge in [0.15, 0.2) is 0 Å². The standard InChI is InChI=1S/C19H32N2O/c1-5-20-12-14-21(15-13-20)11-10-18(22)16-6-8-17(9-7-16)19(2,3)4/h6-9,18,22H,5,10-15H2,1-4H3. The Labute approximate surface area is 135 Å². The number of aliphatic hydroxyl groups is 1. The van der Waals surface area contributed by atoms with E-state index in [4.69, 9.17) is 0 Å². The molecule has 124 valence electrons. The normalized spacial score (nSPS) is 19.3. The predicted molar refractivity (Wildman–Crippen MR) is 93.3 cm³/mol. The molecule has 2 rings (SSSR count). The van der Waals surface area contributed by atoms with E-state index in [9.17, 15) is 5.11 Å². The van der Waals surface area contributed by atoms with E-state index in [1.807, 2.05) is 0 Å². The molecular formula is C19H32N2O. The number of hydrogen-bond acceptors (Lipinski definition) is 3. The Balaban J connectivity index is 1.81. The first-order valence-electron chi connectivity index (χ1n) is 8.63. The Morgan fingerprint density at radius 1 is 1.00 bits per heavy atom. The van der Waals surface area contributed by atoms with Gasteiger partial charge in [0.1, 0.15) is 0 Å². The van der Waals surface area contributed by atoms with Crippen LogP contribution in [0.1, 0.15) is 51.3 Å². The molecule has 0 spiro atoms. The molecule has 0 radical (unpaired) electrons. The monoisotopic (exact) mass is 304 g/mol. The molecule has 1 aromatic rings. The third-order valence-electron chi connectivity index (χ3n) is 4.79. The van der Waals surface area contributed by atoms with Crippen molar-refractivity contribution in [3.05, 3.63) is 35.4 Å². The molecule has 1 heterocycles. The average molecular weight is 304 g/mol. The van der Waals surface area contributed by atoms with Gasteiger partial charge in [-0.1, -0.05) is 52.0 Å². The van der Waals surface area contributed by atoms with Gasteiger partial charge in [0.25, 0.3) is 0 Å². The maximum absolute atomic E-state index is 10.4. The predicted octanol–water partition coefficient (Wildman–Crippen LogP) is 3.05. The molecule has 0 aromatic heterocycles. The molecule has 3 nitrogen and oxygen atoms in total. The van der Waals surface area contributed by atoms with Crippen molar-refractivity contribution in [1.29, 1.82) is 0 Å². The van der Waals surface area contributed by atoms with E-state index in [0.29, 0.717) is 0 Å². The maximum Gasteiger partial charge on any atom is 0.0802 e. The van der Waals surface area contributed by atoms with Crippen LogP contribution < -0.4 is 0 Å². The summed E-state index contributed by atoms with van der Waals surface area (Å²) in [6, 6.07) is 8.47. The van der Waals surface area contributed by atoms with E-state index in [1.54, 1.807) is 0 Å². The van der Waals surface area contributed by atoms with E-state index < -0.39 is 0 Å². The van der Waals surface area contributed by atoms with Gasteiger partial charge < -0.3 is 14.9 Å². The van der Waals surface area contributed by atoms with E-state index in [0.717, 1.165) is 51.3 Å². The van der Waals surface area contributed by atoms with E-state index in [-0.39, 0.29) is 11.5 Å². The second kappa shape index (κ2) is 7.58. The fourth-order valence-corrected chi connectivity index (χ4v) is 3.01. The van der Waals surface area contributed by atoms with Gasteiger partial charge in [-0.15, -0.1) is 0 Å². The summed E-state index contributed by atoms with van der Waals surface area (Å²) in [5, 5.41) is 10.4. The summed E-state index contributed by atoms with van der Waals surface area (Å²) in [6.07, 6.45) is 0.472. The lowest BCUT2D eigenvalue weighted by atomic mass is 9.86. The topological polar surface area (TPSA) is 26.7 Å². The highest BCUT2D eigenvalue weighted by atomic mass is 16.3. The van der Waals surface area contributed by atoms with Gasteiger partial charge in [0.2, 0.25) is 0 Å². The minimum atomic E-state index is -0.349. The van der Waals surface area contributed by atoms with Crippen molar-refractivity contribution in [2.24, 2.45) is 0 Å². The minimum absolute atomic E-state index is 0.169. The number of likely N-dealkylation sites (N-methyl/N-ethyl adjacent to an activating group) is 1. The Bertz CT molecular complexity index is 441. The second-order valence-electron chi connectivity index (χ2n) is 7.45. The van der Waals surface area contributed by atoms with E-state index in [1.165, 1.54) is 5.56 Å². The molecule has 1 saturated heterocycles. The summed E-state index contributed by atoms with van der Waals surface area (Å²) in [5.41, 5.74) is 2.53. The smallest absolute Gasteiger partial charge is 0.0802 e. The summed E-state index contributed by atoms with van der Waals surface area (Å²) >= 11 is 0. The zero-order valence-electron chi connectivity index (χ0n) is 14.7. The van der Waals surface area contributed by atoms with Gasteiger partial charge in [0.05, 0.1) is 6.10 Å². The molecular weight excluding hydrogens is 272 g/mol. The summed E-state index contributed by atoms with van der Waals surface area (Å²) in [5.74, 6) is 0. The fourth-order valence-electron chi connectivity index (χ4n) is 3.01. The summed E-state index contributed by atoms with van der Waals surface area (Å²) in [4.78, 5) is 4.96. The van der Waals surface area contributed by atoms with Gasteiger partial charge in [-0.2, -0.15) is 0 Å². The first kappa shape index (κ1) is 17.5. The highest BCUT2D eigenvalue weighted by Crippen LogP contribution is 2.25. The van der Waals surface area contributed by atoms with E-state index >= 15 is 0 Å². The number of benzene rings is 1. The van der Waals surface area contributed by atoms with Crippen molar-refractivity contribution in [3.63, 3.8) is 0 Å². The molecule has 0 amide bonds. The third kappa shape index (κ3) is 4.80. The Morgan fingerprint density at radius 2 is 1.55 bits per heavy atom. The molecule has 1 aliphatic rings. The molecule has 1 fully saturated rings. The summed E-state index contributed by atoms with van der Waals surface area (Å²) in [7, 11) is 0.